The van der Waals surface area contributed by atoms with Crippen molar-refractivity contribution in [1.29, 1.82) is 0 Å². The number of nitrogens with one attached hydrogen (secondary N) is 2. The van der Waals surface area contributed by atoms with Crippen LogP contribution in [0.4, 0.5) is 13.6 Å². The van der Waals surface area contributed by atoms with E-state index in [2.05, 4.69) is 10.1 Å². The van der Waals surface area contributed by atoms with Crippen molar-refractivity contribution in [2.24, 2.45) is 0 Å². The van der Waals surface area contributed by atoms with Crippen molar-refractivity contribution in [3.8, 4) is 0 Å². The zero-order valence-electron chi connectivity index (χ0n) is 12.1. The fourth-order valence-corrected chi connectivity index (χ4v) is 1.41. The summed E-state index contributed by atoms with van der Waals surface area (Å²) in [6.07, 6.45) is 0.682. The smallest absolute Gasteiger partial charge is 0.338 e. The second-order valence-corrected chi connectivity index (χ2v) is 4.57. The topological polar surface area (TPSA) is 84.5 Å². The molecule has 1 aromatic carbocycles. The number of urea groups is 1. The number of hydrogen-bond donors (Lipinski definition) is 2. The Kier molecular flexibility index (Phi) is 6.43. The van der Waals surface area contributed by atoms with Gasteiger partial charge in [-0.3, -0.25) is 10.1 Å². The third-order valence-corrected chi connectivity index (χ3v) is 2.68. The monoisotopic (exact) mass is 314 g/mol. The Hall–Kier alpha value is -2.51. The largest absolute Gasteiger partial charge is 0.452 e. The third-order valence-electron chi connectivity index (χ3n) is 2.68. The predicted molar refractivity (Wildman–Crippen MR) is 73.1 cm³/mol. The highest BCUT2D eigenvalue weighted by molar-refractivity contribution is 5.97. The van der Waals surface area contributed by atoms with E-state index in [4.69, 9.17) is 0 Å². The van der Waals surface area contributed by atoms with E-state index in [0.29, 0.717) is 12.5 Å². The van der Waals surface area contributed by atoms with Crippen LogP contribution in [0.1, 0.15) is 30.6 Å². The molecule has 0 unspecified atom stereocenters. The number of benzene rings is 1. The lowest BCUT2D eigenvalue weighted by Gasteiger charge is -2.11. The summed E-state index contributed by atoms with van der Waals surface area (Å²) in [5, 5.41) is 4.44. The molecule has 0 aliphatic heterocycles. The standard InChI is InChI=1S/C14H16F2N2O4/c1-3-8(2)17-14(21)18-12(19)7-22-13(20)9-4-10(15)6-11(16)5-9/h4-6,8H,3,7H2,1-2H3,(H2,17,18,19,21)/t8-/m0/s1. The van der Waals surface area contributed by atoms with Crippen LogP contribution < -0.4 is 10.6 Å². The predicted octanol–water partition coefficient (Wildman–Crippen LogP) is 1.75. The van der Waals surface area contributed by atoms with Gasteiger partial charge in [0.15, 0.2) is 6.61 Å². The molecule has 1 atom stereocenters. The van der Waals surface area contributed by atoms with Gasteiger partial charge in [0.05, 0.1) is 5.56 Å². The van der Waals surface area contributed by atoms with E-state index in [0.717, 1.165) is 12.1 Å². The van der Waals surface area contributed by atoms with Gasteiger partial charge < -0.3 is 10.1 Å². The van der Waals surface area contributed by atoms with Gasteiger partial charge in [0.1, 0.15) is 11.6 Å². The van der Waals surface area contributed by atoms with Gasteiger partial charge in [0, 0.05) is 12.1 Å². The molecule has 1 aromatic rings. The number of halogens is 2. The summed E-state index contributed by atoms with van der Waals surface area (Å²) in [7, 11) is 0. The molecular formula is C14H16F2N2O4. The van der Waals surface area contributed by atoms with Gasteiger partial charge in [-0.05, 0) is 25.5 Å². The molecule has 2 N–H and O–H groups in total. The Bertz CT molecular complexity index is 558. The molecule has 8 heteroatoms. The van der Waals surface area contributed by atoms with Crippen LogP contribution in [0.2, 0.25) is 0 Å². The number of rotatable bonds is 5. The quantitative estimate of drug-likeness (QED) is 0.811. The van der Waals surface area contributed by atoms with Crippen molar-refractivity contribution >= 4 is 17.9 Å². The molecule has 1 rings (SSSR count). The Morgan fingerprint density at radius 3 is 2.32 bits per heavy atom. The molecule has 0 radical (unpaired) electrons. The van der Waals surface area contributed by atoms with Crippen LogP contribution in [-0.2, 0) is 9.53 Å². The average molecular weight is 314 g/mol. The van der Waals surface area contributed by atoms with Crippen molar-refractivity contribution in [2.75, 3.05) is 6.61 Å². The minimum atomic E-state index is -1.07. The van der Waals surface area contributed by atoms with E-state index in [1.165, 1.54) is 0 Å². The molecule has 22 heavy (non-hydrogen) atoms. The Balaban J connectivity index is 2.46. The van der Waals surface area contributed by atoms with E-state index in [1.807, 2.05) is 12.2 Å². The van der Waals surface area contributed by atoms with Crippen LogP contribution in [0.25, 0.3) is 0 Å². The first kappa shape index (κ1) is 17.5. The van der Waals surface area contributed by atoms with Gasteiger partial charge in [-0.2, -0.15) is 0 Å². The molecule has 0 saturated heterocycles. The molecule has 0 aliphatic rings. The molecule has 0 spiro atoms. The highest BCUT2D eigenvalue weighted by Gasteiger charge is 2.14. The minimum Gasteiger partial charge on any atom is -0.452 e. The lowest BCUT2D eigenvalue weighted by Crippen LogP contribution is -2.44. The molecule has 0 heterocycles. The number of esters is 1. The zero-order valence-corrected chi connectivity index (χ0v) is 12.1. The van der Waals surface area contributed by atoms with Crippen LogP contribution in [-0.4, -0.2) is 30.6 Å². The number of carbonyl (C=O) groups excluding carboxylic acids is 3. The molecule has 0 fully saturated rings. The lowest BCUT2D eigenvalue weighted by molar-refractivity contribution is -0.123. The van der Waals surface area contributed by atoms with Gasteiger partial charge in [0.2, 0.25) is 0 Å². The minimum absolute atomic E-state index is 0.120. The lowest BCUT2D eigenvalue weighted by atomic mass is 10.2. The van der Waals surface area contributed by atoms with E-state index in [1.54, 1.807) is 6.92 Å². The van der Waals surface area contributed by atoms with Crippen LogP contribution in [0.15, 0.2) is 18.2 Å². The summed E-state index contributed by atoms with van der Waals surface area (Å²) < 4.78 is 30.4. The van der Waals surface area contributed by atoms with Gasteiger partial charge in [-0.1, -0.05) is 6.92 Å². The summed E-state index contributed by atoms with van der Waals surface area (Å²) in [6.45, 7) is 2.86. The highest BCUT2D eigenvalue weighted by atomic mass is 19.1. The van der Waals surface area contributed by atoms with Crippen molar-refractivity contribution < 1.29 is 27.9 Å². The number of carbonyl (C=O) groups is 3. The van der Waals surface area contributed by atoms with Crippen LogP contribution in [0.5, 0.6) is 0 Å². The van der Waals surface area contributed by atoms with Crippen LogP contribution >= 0.6 is 0 Å². The van der Waals surface area contributed by atoms with Crippen molar-refractivity contribution in [2.45, 2.75) is 26.3 Å². The molecule has 3 amide bonds. The maximum absolute atomic E-state index is 12.9. The molecule has 0 aromatic heterocycles. The van der Waals surface area contributed by atoms with Gasteiger partial charge >= 0.3 is 12.0 Å². The molecule has 0 bridgehead atoms. The Labute approximate surface area is 125 Å². The summed E-state index contributed by atoms with van der Waals surface area (Å²) in [5.41, 5.74) is -0.366. The molecule has 120 valence electrons. The summed E-state index contributed by atoms with van der Waals surface area (Å²) in [4.78, 5) is 34.3. The number of amides is 3. The van der Waals surface area contributed by atoms with Crippen molar-refractivity contribution in [3.63, 3.8) is 0 Å². The zero-order chi connectivity index (χ0) is 16.7. The molecular weight excluding hydrogens is 298 g/mol. The average Bonchev–Trinajstić information content (AvgIpc) is 2.43. The van der Waals surface area contributed by atoms with E-state index in [-0.39, 0.29) is 11.6 Å². The maximum Gasteiger partial charge on any atom is 0.338 e. The Morgan fingerprint density at radius 2 is 1.77 bits per heavy atom. The van der Waals surface area contributed by atoms with Crippen LogP contribution in [0, 0.1) is 11.6 Å². The van der Waals surface area contributed by atoms with Crippen LogP contribution in [0.3, 0.4) is 0 Å². The Morgan fingerprint density at radius 1 is 1.18 bits per heavy atom. The van der Waals surface area contributed by atoms with Crippen molar-refractivity contribution in [1.82, 2.24) is 10.6 Å². The van der Waals surface area contributed by atoms with E-state index >= 15 is 0 Å². The SMILES string of the molecule is CC[C@H](C)NC(=O)NC(=O)COC(=O)c1cc(F)cc(F)c1. The second kappa shape index (κ2) is 8.06. The first-order valence-corrected chi connectivity index (χ1v) is 6.55. The van der Waals surface area contributed by atoms with Crippen molar-refractivity contribution in [3.05, 3.63) is 35.4 Å². The molecule has 0 aliphatic carbocycles. The number of ether oxygens (including phenoxy) is 1. The van der Waals surface area contributed by atoms with Gasteiger partial charge in [-0.15, -0.1) is 0 Å². The first-order valence-electron chi connectivity index (χ1n) is 6.55. The number of imide groups is 1. The summed E-state index contributed by atoms with van der Waals surface area (Å²) in [5.74, 6) is -3.81. The maximum atomic E-state index is 12.9. The number of hydrogen-bond acceptors (Lipinski definition) is 4. The first-order chi connectivity index (χ1) is 10.3. The normalized spacial score (nSPS) is 11.5. The van der Waals surface area contributed by atoms with Gasteiger partial charge in [0.25, 0.3) is 5.91 Å². The fraction of sp³-hybridized carbons (Fsp3) is 0.357. The summed E-state index contributed by atoms with van der Waals surface area (Å²) in [6, 6.07) is 1.32. The highest BCUT2D eigenvalue weighted by Crippen LogP contribution is 2.09. The molecule has 6 nitrogen and oxygen atoms in total. The van der Waals surface area contributed by atoms with Gasteiger partial charge in [-0.25, -0.2) is 18.4 Å². The molecule has 0 saturated carbocycles. The fourth-order valence-electron chi connectivity index (χ4n) is 1.41. The van der Waals surface area contributed by atoms with E-state index in [9.17, 15) is 23.2 Å². The summed E-state index contributed by atoms with van der Waals surface area (Å²) >= 11 is 0. The second-order valence-electron chi connectivity index (χ2n) is 4.57. The van der Waals surface area contributed by atoms with E-state index < -0.39 is 36.1 Å². The third kappa shape index (κ3) is 5.86.